The molecule has 1 N–H and O–H groups in total. The molecule has 10 heteroatoms. The van der Waals surface area contributed by atoms with Crippen LogP contribution in [-0.4, -0.2) is 30.5 Å². The normalized spacial score (nSPS) is 16.7. The molecule has 186 valence electrons. The number of ether oxygens (including phenoxy) is 2. The summed E-state index contributed by atoms with van der Waals surface area (Å²) in [6, 6.07) is 14.3. The first-order valence-electron chi connectivity index (χ1n) is 11.5. The molecule has 36 heavy (non-hydrogen) atoms. The van der Waals surface area contributed by atoms with Gasteiger partial charge >= 0.3 is 0 Å². The average Bonchev–Trinajstić information content (AvgIpc) is 3.17. The Balaban J connectivity index is 1.50. The highest BCUT2D eigenvalue weighted by Crippen LogP contribution is 2.31. The number of amides is 1. The molecular weight excluding hydrogens is 482 g/mol. The molecule has 3 heterocycles. The van der Waals surface area contributed by atoms with Crippen LogP contribution in [0.4, 0.5) is 0 Å². The molecule has 0 saturated carbocycles. The van der Waals surface area contributed by atoms with Crippen LogP contribution >= 0.6 is 0 Å². The lowest BCUT2D eigenvalue weighted by Crippen LogP contribution is -2.43. The minimum Gasteiger partial charge on any atom is -0.481 e. The summed E-state index contributed by atoms with van der Waals surface area (Å²) in [7, 11) is -3.57. The van der Waals surface area contributed by atoms with E-state index in [0.717, 1.165) is 11.0 Å². The van der Waals surface area contributed by atoms with Gasteiger partial charge in [0, 0.05) is 12.0 Å². The Morgan fingerprint density at radius 2 is 1.94 bits per heavy atom. The van der Waals surface area contributed by atoms with Crippen LogP contribution in [0.3, 0.4) is 0 Å². The number of hydrogen-bond donors (Lipinski definition) is 1. The van der Waals surface area contributed by atoms with Crippen molar-refractivity contribution in [3.8, 4) is 5.75 Å². The van der Waals surface area contributed by atoms with Gasteiger partial charge in [-0.3, -0.25) is 14.2 Å². The predicted octanol–water partition coefficient (Wildman–Crippen LogP) is 2.78. The maximum absolute atomic E-state index is 13.4. The van der Waals surface area contributed by atoms with Gasteiger partial charge in [0.05, 0.1) is 18.0 Å². The standard InChI is InChI=1S/C26H25N3O6S/c1-26(2)25-28-20(23(30)27-15-19-10-6-9-18-11-14-36(32,33)22(18)19)21(24(31)29(25)12-13-35-26)34-16-17-7-4-3-5-8-17/h3-11,14H,12-13,15-16H2,1-2H3,(H,27,30). The molecule has 2 aliphatic rings. The van der Waals surface area contributed by atoms with Gasteiger partial charge < -0.3 is 14.8 Å². The van der Waals surface area contributed by atoms with E-state index < -0.39 is 26.9 Å². The van der Waals surface area contributed by atoms with E-state index >= 15 is 0 Å². The average molecular weight is 508 g/mol. The van der Waals surface area contributed by atoms with Crippen LogP contribution in [-0.2, 0) is 39.9 Å². The number of fused-ring (bicyclic) bond motifs is 2. The highest BCUT2D eigenvalue weighted by molar-refractivity contribution is 7.94. The Morgan fingerprint density at radius 3 is 2.72 bits per heavy atom. The quantitative estimate of drug-likeness (QED) is 0.545. The van der Waals surface area contributed by atoms with Crippen molar-refractivity contribution in [1.82, 2.24) is 14.9 Å². The molecule has 0 saturated heterocycles. The van der Waals surface area contributed by atoms with E-state index in [4.69, 9.17) is 9.47 Å². The van der Waals surface area contributed by atoms with Gasteiger partial charge in [-0.1, -0.05) is 48.5 Å². The van der Waals surface area contributed by atoms with Crippen molar-refractivity contribution < 1.29 is 22.7 Å². The molecule has 2 aliphatic heterocycles. The zero-order valence-corrected chi connectivity index (χ0v) is 20.7. The first kappa shape index (κ1) is 24.0. The number of sulfone groups is 1. The molecule has 0 fully saturated rings. The predicted molar refractivity (Wildman–Crippen MR) is 132 cm³/mol. The SMILES string of the molecule is CC1(C)OCCn2c1nc(C(=O)NCc1cccc3c1S(=O)(=O)C=C3)c(OCc1ccccc1)c2=O. The van der Waals surface area contributed by atoms with Crippen molar-refractivity contribution in [1.29, 1.82) is 0 Å². The summed E-state index contributed by atoms with van der Waals surface area (Å²) in [5.41, 5.74) is 0.310. The lowest BCUT2D eigenvalue weighted by molar-refractivity contribution is -0.0567. The summed E-state index contributed by atoms with van der Waals surface area (Å²) in [6.45, 7) is 4.18. The van der Waals surface area contributed by atoms with E-state index in [1.54, 1.807) is 32.0 Å². The fourth-order valence-electron chi connectivity index (χ4n) is 4.39. The Morgan fingerprint density at radius 1 is 1.17 bits per heavy atom. The second kappa shape index (κ2) is 9.03. The van der Waals surface area contributed by atoms with Crippen molar-refractivity contribution in [3.63, 3.8) is 0 Å². The molecule has 0 radical (unpaired) electrons. The van der Waals surface area contributed by atoms with Gasteiger partial charge in [0.2, 0.25) is 15.6 Å². The number of hydrogen-bond acceptors (Lipinski definition) is 7. The molecule has 0 spiro atoms. The molecule has 9 nitrogen and oxygen atoms in total. The zero-order valence-electron chi connectivity index (χ0n) is 19.9. The molecule has 0 atom stereocenters. The molecule has 0 aliphatic carbocycles. The van der Waals surface area contributed by atoms with Gasteiger partial charge in [0.25, 0.3) is 11.5 Å². The monoisotopic (exact) mass is 507 g/mol. The van der Waals surface area contributed by atoms with Gasteiger partial charge in [0.1, 0.15) is 18.0 Å². The summed E-state index contributed by atoms with van der Waals surface area (Å²) >= 11 is 0. The zero-order chi connectivity index (χ0) is 25.5. The van der Waals surface area contributed by atoms with Crippen LogP contribution in [0.5, 0.6) is 5.75 Å². The number of carbonyl (C=O) groups is 1. The first-order chi connectivity index (χ1) is 17.2. The van der Waals surface area contributed by atoms with E-state index in [1.165, 1.54) is 10.6 Å². The number of nitrogens with zero attached hydrogens (tertiary/aromatic N) is 2. The van der Waals surface area contributed by atoms with E-state index in [2.05, 4.69) is 10.3 Å². The lowest BCUT2D eigenvalue weighted by atomic mass is 10.1. The van der Waals surface area contributed by atoms with Gasteiger partial charge in [-0.05, 0) is 36.6 Å². The number of rotatable bonds is 6. The summed E-state index contributed by atoms with van der Waals surface area (Å²) < 4.78 is 38.0. The Labute approximate surface area is 208 Å². The third-order valence-electron chi connectivity index (χ3n) is 6.16. The minimum absolute atomic E-state index is 0.0684. The lowest BCUT2D eigenvalue weighted by Gasteiger charge is -2.32. The number of benzene rings is 2. The minimum atomic E-state index is -3.57. The van der Waals surface area contributed by atoms with Gasteiger partial charge in [-0.2, -0.15) is 0 Å². The largest absolute Gasteiger partial charge is 0.481 e. The molecule has 1 amide bonds. The van der Waals surface area contributed by atoms with Crippen molar-refractivity contribution in [3.05, 3.63) is 92.5 Å². The summed E-state index contributed by atoms with van der Waals surface area (Å²) in [4.78, 5) is 31.5. The van der Waals surface area contributed by atoms with Crippen molar-refractivity contribution in [2.45, 2.75) is 44.0 Å². The maximum Gasteiger partial charge on any atom is 0.296 e. The van der Waals surface area contributed by atoms with E-state index in [-0.39, 0.29) is 36.0 Å². The third kappa shape index (κ3) is 4.33. The Kier molecular flexibility index (Phi) is 6.01. The number of nitrogens with one attached hydrogen (secondary N) is 1. The second-order valence-corrected chi connectivity index (χ2v) is 10.8. The van der Waals surface area contributed by atoms with E-state index in [0.29, 0.717) is 23.6 Å². The molecule has 1 aromatic heterocycles. The molecule has 2 aromatic carbocycles. The molecule has 0 bridgehead atoms. The number of aromatic nitrogens is 2. The van der Waals surface area contributed by atoms with Crippen molar-refractivity contribution >= 4 is 21.8 Å². The third-order valence-corrected chi connectivity index (χ3v) is 7.72. The maximum atomic E-state index is 13.4. The summed E-state index contributed by atoms with van der Waals surface area (Å²) in [5.74, 6) is -0.491. The van der Waals surface area contributed by atoms with Crippen LogP contribution in [0.15, 0.2) is 63.6 Å². The van der Waals surface area contributed by atoms with Crippen LogP contribution in [0, 0.1) is 0 Å². The summed E-state index contributed by atoms with van der Waals surface area (Å²) in [5, 5.41) is 3.87. The highest BCUT2D eigenvalue weighted by atomic mass is 32.2. The summed E-state index contributed by atoms with van der Waals surface area (Å²) in [6.07, 6.45) is 1.53. The van der Waals surface area contributed by atoms with Gasteiger partial charge in [0.15, 0.2) is 5.69 Å². The fourth-order valence-corrected chi connectivity index (χ4v) is 5.82. The smallest absolute Gasteiger partial charge is 0.296 e. The van der Waals surface area contributed by atoms with Crippen LogP contribution in [0.1, 0.15) is 46.9 Å². The van der Waals surface area contributed by atoms with Crippen LogP contribution in [0.25, 0.3) is 6.08 Å². The number of carbonyl (C=O) groups excluding carboxylic acids is 1. The topological polar surface area (TPSA) is 117 Å². The van der Waals surface area contributed by atoms with Gasteiger partial charge in [-0.25, -0.2) is 13.4 Å². The van der Waals surface area contributed by atoms with Gasteiger partial charge in [-0.15, -0.1) is 0 Å². The van der Waals surface area contributed by atoms with E-state index in [9.17, 15) is 18.0 Å². The first-order valence-corrected chi connectivity index (χ1v) is 13.0. The molecule has 5 rings (SSSR count). The molecular formula is C26H25N3O6S. The van der Waals surface area contributed by atoms with Crippen LogP contribution in [0.2, 0.25) is 0 Å². The highest BCUT2D eigenvalue weighted by Gasteiger charge is 2.35. The van der Waals surface area contributed by atoms with Crippen LogP contribution < -0.4 is 15.6 Å². The van der Waals surface area contributed by atoms with Crippen molar-refractivity contribution in [2.75, 3.05) is 6.61 Å². The fraction of sp³-hybridized carbons (Fsp3) is 0.269. The Bertz CT molecular complexity index is 1540. The van der Waals surface area contributed by atoms with E-state index in [1.807, 2.05) is 30.3 Å². The Hall–Kier alpha value is -3.76. The molecule has 0 unspecified atom stereocenters. The molecule has 3 aromatic rings. The second-order valence-electron chi connectivity index (χ2n) is 9.07. The van der Waals surface area contributed by atoms with Crippen molar-refractivity contribution in [2.24, 2.45) is 0 Å².